The molecule has 0 bridgehead atoms. The maximum Gasteiger partial charge on any atom is 0.150 e. The number of hydrogen-bond donors (Lipinski definition) is 0. The van der Waals surface area contributed by atoms with Gasteiger partial charge in [0.15, 0.2) is 0 Å². The zero-order valence-electron chi connectivity index (χ0n) is 19.3. The molecule has 0 saturated carbocycles. The standard InChI is InChI=1S/C25H39NO2/c1-18(2)17-28-22-12-11-20(16-27)14-21(22)15-26(10)23(25(7,8)9)13-19(3)24(4,5)6/h11-14,16,18H,3,15,17H2,1-2,4-10H3/b23-13-. The lowest BCUT2D eigenvalue weighted by atomic mass is 9.83. The first-order chi connectivity index (χ1) is 12.8. The van der Waals surface area contributed by atoms with Gasteiger partial charge in [-0.05, 0) is 41.2 Å². The molecule has 0 atom stereocenters. The van der Waals surface area contributed by atoms with E-state index < -0.39 is 0 Å². The van der Waals surface area contributed by atoms with Crippen LogP contribution < -0.4 is 4.74 Å². The van der Waals surface area contributed by atoms with Gasteiger partial charge in [-0.2, -0.15) is 0 Å². The van der Waals surface area contributed by atoms with Gasteiger partial charge in [-0.25, -0.2) is 0 Å². The second kappa shape index (κ2) is 9.45. The molecule has 0 aliphatic heterocycles. The van der Waals surface area contributed by atoms with E-state index in [2.05, 4.69) is 80.0 Å². The van der Waals surface area contributed by atoms with E-state index >= 15 is 0 Å². The summed E-state index contributed by atoms with van der Waals surface area (Å²) < 4.78 is 6.02. The Morgan fingerprint density at radius 2 is 1.75 bits per heavy atom. The molecule has 0 fully saturated rings. The van der Waals surface area contributed by atoms with Crippen molar-refractivity contribution in [2.75, 3.05) is 13.7 Å². The zero-order valence-corrected chi connectivity index (χ0v) is 19.3. The van der Waals surface area contributed by atoms with Crippen molar-refractivity contribution in [2.45, 2.75) is 61.9 Å². The molecule has 1 aromatic carbocycles. The third kappa shape index (κ3) is 7.18. The van der Waals surface area contributed by atoms with Crippen LogP contribution in [-0.2, 0) is 6.54 Å². The molecule has 0 aromatic heterocycles. The fourth-order valence-corrected chi connectivity index (χ4v) is 2.82. The molecule has 0 spiro atoms. The van der Waals surface area contributed by atoms with Crippen molar-refractivity contribution in [3.8, 4) is 5.75 Å². The summed E-state index contributed by atoms with van der Waals surface area (Å²) in [6, 6.07) is 5.65. The van der Waals surface area contributed by atoms with Crippen LogP contribution in [0.1, 0.15) is 71.3 Å². The van der Waals surface area contributed by atoms with Gasteiger partial charge in [0, 0.05) is 35.8 Å². The Morgan fingerprint density at radius 3 is 2.21 bits per heavy atom. The number of allylic oxidation sites excluding steroid dienone is 3. The summed E-state index contributed by atoms with van der Waals surface area (Å²) in [7, 11) is 2.09. The van der Waals surface area contributed by atoms with E-state index in [0.717, 1.165) is 23.2 Å². The molecule has 156 valence electrons. The molecule has 0 heterocycles. The van der Waals surface area contributed by atoms with Crippen molar-refractivity contribution in [3.05, 3.63) is 53.3 Å². The molecule has 0 amide bonds. The predicted molar refractivity (Wildman–Crippen MR) is 120 cm³/mol. The normalized spacial score (nSPS) is 12.9. The van der Waals surface area contributed by atoms with Crippen LogP contribution in [0.2, 0.25) is 0 Å². The van der Waals surface area contributed by atoms with Crippen molar-refractivity contribution in [1.29, 1.82) is 0 Å². The van der Waals surface area contributed by atoms with Gasteiger partial charge in [0.1, 0.15) is 12.0 Å². The monoisotopic (exact) mass is 385 g/mol. The van der Waals surface area contributed by atoms with Gasteiger partial charge in [0.2, 0.25) is 0 Å². The Kier molecular flexibility index (Phi) is 8.10. The molecule has 3 nitrogen and oxygen atoms in total. The van der Waals surface area contributed by atoms with E-state index in [-0.39, 0.29) is 10.8 Å². The quantitative estimate of drug-likeness (QED) is 0.378. The van der Waals surface area contributed by atoms with Crippen LogP contribution in [0.5, 0.6) is 5.75 Å². The van der Waals surface area contributed by atoms with E-state index in [1.54, 1.807) is 0 Å². The highest BCUT2D eigenvalue weighted by Crippen LogP contribution is 2.34. The van der Waals surface area contributed by atoms with Crippen LogP contribution in [0, 0.1) is 16.7 Å². The number of hydrogen-bond acceptors (Lipinski definition) is 3. The highest BCUT2D eigenvalue weighted by atomic mass is 16.5. The van der Waals surface area contributed by atoms with Gasteiger partial charge < -0.3 is 9.64 Å². The first-order valence-corrected chi connectivity index (χ1v) is 10.1. The maximum absolute atomic E-state index is 11.3. The Hall–Kier alpha value is -2.03. The Balaban J connectivity index is 3.26. The zero-order chi connectivity index (χ0) is 21.7. The molecule has 0 N–H and O–H groups in total. The van der Waals surface area contributed by atoms with Gasteiger partial charge in [-0.15, -0.1) is 0 Å². The lowest BCUT2D eigenvalue weighted by molar-refractivity contribution is 0.112. The third-order valence-corrected chi connectivity index (χ3v) is 4.65. The Morgan fingerprint density at radius 1 is 1.14 bits per heavy atom. The molecular formula is C25H39NO2. The van der Waals surface area contributed by atoms with Gasteiger partial charge in [-0.3, -0.25) is 4.79 Å². The van der Waals surface area contributed by atoms with Gasteiger partial charge >= 0.3 is 0 Å². The summed E-state index contributed by atoms with van der Waals surface area (Å²) >= 11 is 0. The summed E-state index contributed by atoms with van der Waals surface area (Å²) in [5.41, 5.74) is 3.97. The highest BCUT2D eigenvalue weighted by molar-refractivity contribution is 5.75. The van der Waals surface area contributed by atoms with Crippen molar-refractivity contribution < 1.29 is 9.53 Å². The number of carbonyl (C=O) groups is 1. The van der Waals surface area contributed by atoms with E-state index in [4.69, 9.17) is 4.74 Å². The van der Waals surface area contributed by atoms with Crippen molar-refractivity contribution in [3.63, 3.8) is 0 Å². The fraction of sp³-hybridized carbons (Fsp3) is 0.560. The first kappa shape index (κ1) is 24.0. The van der Waals surface area contributed by atoms with Crippen LogP contribution in [0.25, 0.3) is 0 Å². The minimum absolute atomic E-state index is 0.0142. The van der Waals surface area contributed by atoms with Crippen LogP contribution in [0.15, 0.2) is 42.1 Å². The first-order valence-electron chi connectivity index (χ1n) is 10.1. The lowest BCUT2D eigenvalue weighted by Gasteiger charge is -2.34. The molecule has 0 aliphatic rings. The van der Waals surface area contributed by atoms with Crippen LogP contribution in [0.3, 0.4) is 0 Å². The minimum atomic E-state index is -0.0375. The number of ether oxygens (including phenoxy) is 1. The molecular weight excluding hydrogens is 346 g/mol. The number of nitrogens with zero attached hydrogens (tertiary/aromatic N) is 1. The second-order valence-electron chi connectivity index (χ2n) is 10.1. The van der Waals surface area contributed by atoms with Crippen molar-refractivity contribution in [1.82, 2.24) is 4.90 Å². The van der Waals surface area contributed by atoms with E-state index in [1.165, 1.54) is 5.70 Å². The van der Waals surface area contributed by atoms with Gasteiger partial charge in [-0.1, -0.05) is 62.0 Å². The molecule has 0 radical (unpaired) electrons. The predicted octanol–water partition coefficient (Wildman–Crippen LogP) is 6.50. The Labute approximate surface area is 172 Å². The second-order valence-corrected chi connectivity index (χ2v) is 10.1. The summed E-state index contributed by atoms with van der Waals surface area (Å²) in [5.74, 6) is 1.28. The van der Waals surface area contributed by atoms with Crippen molar-refractivity contribution in [2.24, 2.45) is 16.7 Å². The maximum atomic E-state index is 11.3. The topological polar surface area (TPSA) is 29.5 Å². The number of benzene rings is 1. The highest BCUT2D eigenvalue weighted by Gasteiger charge is 2.24. The molecule has 1 aromatic rings. The largest absolute Gasteiger partial charge is 0.493 e. The molecule has 0 aliphatic carbocycles. The fourth-order valence-electron chi connectivity index (χ4n) is 2.82. The average molecular weight is 386 g/mol. The average Bonchev–Trinajstić information content (AvgIpc) is 2.55. The van der Waals surface area contributed by atoms with Gasteiger partial charge in [0.05, 0.1) is 6.61 Å². The summed E-state index contributed by atoms with van der Waals surface area (Å²) in [6.45, 7) is 23.0. The molecule has 1 rings (SSSR count). The van der Waals surface area contributed by atoms with Crippen molar-refractivity contribution >= 4 is 6.29 Å². The van der Waals surface area contributed by atoms with Crippen LogP contribution in [-0.4, -0.2) is 24.8 Å². The SMILES string of the molecule is C=C(/C=C(\N(C)Cc1cc(C=O)ccc1OCC(C)C)C(C)(C)C)C(C)(C)C. The van der Waals surface area contributed by atoms with E-state index in [9.17, 15) is 4.79 Å². The third-order valence-electron chi connectivity index (χ3n) is 4.65. The van der Waals surface area contributed by atoms with Gasteiger partial charge in [0.25, 0.3) is 0 Å². The van der Waals surface area contributed by atoms with E-state index in [0.29, 0.717) is 24.6 Å². The van der Waals surface area contributed by atoms with Crippen LogP contribution in [0.4, 0.5) is 0 Å². The summed E-state index contributed by atoms with van der Waals surface area (Å²) in [5, 5.41) is 0. The molecule has 28 heavy (non-hydrogen) atoms. The van der Waals surface area contributed by atoms with E-state index in [1.807, 2.05) is 18.2 Å². The Bertz CT molecular complexity index is 715. The lowest BCUT2D eigenvalue weighted by Crippen LogP contribution is -2.28. The van der Waals surface area contributed by atoms with Crippen LogP contribution >= 0.6 is 0 Å². The summed E-state index contributed by atoms with van der Waals surface area (Å²) in [4.78, 5) is 13.5. The molecule has 0 unspecified atom stereocenters. The number of carbonyl (C=O) groups excluding carboxylic acids is 1. The minimum Gasteiger partial charge on any atom is -0.493 e. The molecule has 3 heteroatoms. The summed E-state index contributed by atoms with van der Waals surface area (Å²) in [6.07, 6.45) is 3.09. The molecule has 0 saturated heterocycles. The number of aldehydes is 1. The number of rotatable bonds is 8. The smallest absolute Gasteiger partial charge is 0.150 e.